The van der Waals surface area contributed by atoms with Crippen LogP contribution in [0.15, 0.2) is 18.2 Å². The number of nitrogens with zero attached hydrogens (tertiary/aromatic N) is 1. The Morgan fingerprint density at radius 3 is 2.71 bits per heavy atom. The van der Waals surface area contributed by atoms with E-state index in [1.54, 1.807) is 6.07 Å². The lowest BCUT2D eigenvalue weighted by atomic mass is 10.0. The summed E-state index contributed by atoms with van der Waals surface area (Å²) < 4.78 is 14.1. The van der Waals surface area contributed by atoms with Gasteiger partial charge in [-0.25, -0.2) is 4.39 Å². The summed E-state index contributed by atoms with van der Waals surface area (Å²) in [5.41, 5.74) is 0.948. The molecule has 0 radical (unpaired) electrons. The van der Waals surface area contributed by atoms with Crippen LogP contribution in [-0.4, -0.2) is 30.8 Å². The lowest BCUT2D eigenvalue weighted by Crippen LogP contribution is -2.39. The Morgan fingerprint density at radius 2 is 2.05 bits per heavy atom. The Labute approximate surface area is 127 Å². The standard InChI is InChI=1S/C17H27FN2O/c1-3-11-19-12-14-15(18)7-6-8-16(14)20(2)13-17(21)9-4-5-10-17/h6-8,19,21H,3-5,9-13H2,1-2H3. The van der Waals surface area contributed by atoms with Gasteiger partial charge in [0.25, 0.3) is 0 Å². The second-order valence-electron chi connectivity index (χ2n) is 6.20. The summed E-state index contributed by atoms with van der Waals surface area (Å²) in [7, 11) is 1.94. The summed E-state index contributed by atoms with van der Waals surface area (Å²) in [4.78, 5) is 2.00. The van der Waals surface area contributed by atoms with Crippen LogP contribution in [0.1, 0.15) is 44.6 Å². The van der Waals surface area contributed by atoms with Gasteiger partial charge in [-0.3, -0.25) is 0 Å². The van der Waals surface area contributed by atoms with Crippen molar-refractivity contribution in [3.05, 3.63) is 29.6 Å². The third kappa shape index (κ3) is 4.17. The number of halogens is 1. The van der Waals surface area contributed by atoms with Gasteiger partial charge in [-0.15, -0.1) is 0 Å². The average Bonchev–Trinajstić information content (AvgIpc) is 2.87. The molecule has 1 aliphatic carbocycles. The predicted octanol–water partition coefficient (Wildman–Crippen LogP) is 3.07. The monoisotopic (exact) mass is 294 g/mol. The molecule has 0 heterocycles. The average molecular weight is 294 g/mol. The van der Waals surface area contributed by atoms with E-state index in [1.807, 2.05) is 18.0 Å². The number of benzene rings is 1. The van der Waals surface area contributed by atoms with Crippen LogP contribution in [0.5, 0.6) is 0 Å². The fraction of sp³-hybridized carbons (Fsp3) is 0.647. The summed E-state index contributed by atoms with van der Waals surface area (Å²) in [5, 5.41) is 13.8. The van der Waals surface area contributed by atoms with E-state index in [0.717, 1.165) is 44.3 Å². The molecule has 1 aromatic rings. The van der Waals surface area contributed by atoms with Gasteiger partial charge in [-0.1, -0.05) is 25.8 Å². The van der Waals surface area contributed by atoms with E-state index >= 15 is 0 Å². The molecule has 1 saturated carbocycles. The highest BCUT2D eigenvalue weighted by molar-refractivity contribution is 5.54. The van der Waals surface area contributed by atoms with Crippen LogP contribution < -0.4 is 10.2 Å². The quantitative estimate of drug-likeness (QED) is 0.759. The second kappa shape index (κ2) is 7.23. The molecule has 118 valence electrons. The lowest BCUT2D eigenvalue weighted by Gasteiger charge is -2.31. The topological polar surface area (TPSA) is 35.5 Å². The van der Waals surface area contributed by atoms with Gasteiger partial charge in [0.05, 0.1) is 5.60 Å². The van der Waals surface area contributed by atoms with Gasteiger partial charge in [-0.2, -0.15) is 0 Å². The molecule has 2 rings (SSSR count). The molecule has 1 aromatic carbocycles. The minimum Gasteiger partial charge on any atom is -0.388 e. The number of rotatable bonds is 7. The number of likely N-dealkylation sites (N-methyl/N-ethyl adjacent to an activating group) is 1. The van der Waals surface area contributed by atoms with Crippen LogP contribution in [0.3, 0.4) is 0 Å². The van der Waals surface area contributed by atoms with Crippen LogP contribution in [0.25, 0.3) is 0 Å². The summed E-state index contributed by atoms with van der Waals surface area (Å²) >= 11 is 0. The van der Waals surface area contributed by atoms with Gasteiger partial charge in [-0.05, 0) is 37.9 Å². The maximum absolute atomic E-state index is 14.1. The second-order valence-corrected chi connectivity index (χ2v) is 6.20. The van der Waals surface area contributed by atoms with Gasteiger partial charge < -0.3 is 15.3 Å². The first-order valence-corrected chi connectivity index (χ1v) is 7.97. The van der Waals surface area contributed by atoms with Crippen molar-refractivity contribution in [2.45, 2.75) is 51.2 Å². The minimum absolute atomic E-state index is 0.179. The van der Waals surface area contributed by atoms with Crippen LogP contribution in [-0.2, 0) is 6.54 Å². The maximum atomic E-state index is 14.1. The summed E-state index contributed by atoms with van der Waals surface area (Å²) in [6.07, 6.45) is 4.88. The highest BCUT2D eigenvalue weighted by Crippen LogP contribution is 2.32. The zero-order chi connectivity index (χ0) is 15.3. The van der Waals surface area contributed by atoms with E-state index in [4.69, 9.17) is 0 Å². The highest BCUT2D eigenvalue weighted by Gasteiger charge is 2.32. The lowest BCUT2D eigenvalue weighted by molar-refractivity contribution is 0.0559. The molecule has 1 aliphatic rings. The van der Waals surface area contributed by atoms with Gasteiger partial charge in [0.2, 0.25) is 0 Å². The molecule has 0 spiro atoms. The fourth-order valence-electron chi connectivity index (χ4n) is 3.19. The smallest absolute Gasteiger partial charge is 0.129 e. The SMILES string of the molecule is CCCNCc1c(F)cccc1N(C)CC1(O)CCCC1. The van der Waals surface area contributed by atoms with Crippen molar-refractivity contribution in [1.82, 2.24) is 5.32 Å². The van der Waals surface area contributed by atoms with Gasteiger partial charge in [0.15, 0.2) is 0 Å². The molecule has 0 atom stereocenters. The Bertz CT molecular complexity index is 458. The summed E-state index contributed by atoms with van der Waals surface area (Å²) in [6.45, 7) is 4.06. The van der Waals surface area contributed by atoms with Crippen LogP contribution in [0, 0.1) is 5.82 Å². The Morgan fingerprint density at radius 1 is 1.33 bits per heavy atom. The van der Waals surface area contributed by atoms with Gasteiger partial charge >= 0.3 is 0 Å². The van der Waals surface area contributed by atoms with Crippen molar-refractivity contribution >= 4 is 5.69 Å². The molecule has 0 aromatic heterocycles. The van der Waals surface area contributed by atoms with Crippen molar-refractivity contribution in [2.24, 2.45) is 0 Å². The molecule has 4 heteroatoms. The Hall–Kier alpha value is -1.13. The first-order valence-electron chi connectivity index (χ1n) is 7.97. The van der Waals surface area contributed by atoms with E-state index < -0.39 is 5.60 Å². The number of nitrogens with one attached hydrogen (secondary N) is 1. The van der Waals surface area contributed by atoms with Crippen molar-refractivity contribution in [2.75, 3.05) is 25.0 Å². The molecule has 0 bridgehead atoms. The third-order valence-electron chi connectivity index (χ3n) is 4.30. The number of anilines is 1. The Balaban J connectivity index is 2.11. The van der Waals surface area contributed by atoms with E-state index in [1.165, 1.54) is 6.07 Å². The Kier molecular flexibility index (Phi) is 5.59. The fourth-order valence-corrected chi connectivity index (χ4v) is 3.19. The van der Waals surface area contributed by atoms with E-state index in [9.17, 15) is 9.50 Å². The molecule has 0 aliphatic heterocycles. The molecular formula is C17H27FN2O. The molecule has 21 heavy (non-hydrogen) atoms. The van der Waals surface area contributed by atoms with Crippen LogP contribution in [0.4, 0.5) is 10.1 Å². The first kappa shape index (κ1) is 16.2. The highest BCUT2D eigenvalue weighted by atomic mass is 19.1. The molecule has 0 saturated heterocycles. The molecule has 2 N–H and O–H groups in total. The zero-order valence-electron chi connectivity index (χ0n) is 13.2. The summed E-state index contributed by atoms with van der Waals surface area (Å²) in [5.74, 6) is -0.179. The zero-order valence-corrected chi connectivity index (χ0v) is 13.2. The number of hydrogen-bond donors (Lipinski definition) is 2. The van der Waals surface area contributed by atoms with E-state index in [-0.39, 0.29) is 5.82 Å². The van der Waals surface area contributed by atoms with Crippen molar-refractivity contribution in [3.63, 3.8) is 0 Å². The van der Waals surface area contributed by atoms with Crippen molar-refractivity contribution in [1.29, 1.82) is 0 Å². The minimum atomic E-state index is -0.616. The van der Waals surface area contributed by atoms with Crippen molar-refractivity contribution in [3.8, 4) is 0 Å². The molecular weight excluding hydrogens is 267 g/mol. The maximum Gasteiger partial charge on any atom is 0.129 e. The number of hydrogen-bond acceptors (Lipinski definition) is 3. The van der Waals surface area contributed by atoms with Gasteiger partial charge in [0.1, 0.15) is 5.82 Å². The van der Waals surface area contributed by atoms with E-state index in [2.05, 4.69) is 12.2 Å². The molecule has 1 fully saturated rings. The molecule has 0 unspecified atom stereocenters. The van der Waals surface area contributed by atoms with Crippen LogP contribution in [0.2, 0.25) is 0 Å². The first-order chi connectivity index (χ1) is 10.1. The number of aliphatic hydroxyl groups is 1. The van der Waals surface area contributed by atoms with Crippen LogP contribution >= 0.6 is 0 Å². The molecule has 0 amide bonds. The largest absolute Gasteiger partial charge is 0.388 e. The molecule has 3 nitrogen and oxygen atoms in total. The van der Waals surface area contributed by atoms with Crippen molar-refractivity contribution < 1.29 is 9.50 Å². The summed E-state index contributed by atoms with van der Waals surface area (Å²) in [6, 6.07) is 5.18. The van der Waals surface area contributed by atoms with Gasteiger partial charge in [0, 0.05) is 31.4 Å². The normalized spacial score (nSPS) is 17.1. The third-order valence-corrected chi connectivity index (χ3v) is 4.30. The predicted molar refractivity (Wildman–Crippen MR) is 85.1 cm³/mol. The van der Waals surface area contributed by atoms with E-state index in [0.29, 0.717) is 18.7 Å².